The molecule has 172 valence electrons. The Kier molecular flexibility index (Phi) is 7.39. The lowest BCUT2D eigenvalue weighted by atomic mass is 10.2. The average molecular weight is 481 g/mol. The van der Waals surface area contributed by atoms with E-state index in [0.717, 1.165) is 27.4 Å². The van der Waals surface area contributed by atoms with E-state index in [1.54, 1.807) is 23.5 Å². The first-order valence-corrected chi connectivity index (χ1v) is 13.3. The number of nitrogens with one attached hydrogen (secondary N) is 1. The number of hydrogen-bond donors (Lipinski definition) is 1. The van der Waals surface area contributed by atoms with Gasteiger partial charge in [0.15, 0.2) is 0 Å². The summed E-state index contributed by atoms with van der Waals surface area (Å²) in [5.41, 5.74) is 4.14. The van der Waals surface area contributed by atoms with Crippen LogP contribution in [0.2, 0.25) is 0 Å². The Hall–Kier alpha value is -2.78. The van der Waals surface area contributed by atoms with E-state index in [-0.39, 0.29) is 0 Å². The molecule has 0 atom stereocenters. The fraction of sp³-hybridized carbons (Fsp3) is 0.240. The molecule has 4 aromatic rings. The number of benzene rings is 2. The van der Waals surface area contributed by atoms with Gasteiger partial charge in [0.25, 0.3) is 0 Å². The van der Waals surface area contributed by atoms with Crippen LogP contribution in [0.15, 0.2) is 83.2 Å². The van der Waals surface area contributed by atoms with Crippen LogP contribution in [0.5, 0.6) is 0 Å². The molecule has 2 aromatic heterocycles. The highest BCUT2D eigenvalue weighted by atomic mass is 32.2. The lowest BCUT2D eigenvalue weighted by molar-refractivity contribution is 0.445. The van der Waals surface area contributed by atoms with Gasteiger partial charge in [0.05, 0.1) is 15.5 Å². The normalized spacial score (nSPS) is 11.8. The van der Waals surface area contributed by atoms with E-state index in [9.17, 15) is 8.42 Å². The summed E-state index contributed by atoms with van der Waals surface area (Å²) >= 11 is 1.67. The second kappa shape index (κ2) is 10.4. The predicted octanol–water partition coefficient (Wildman–Crippen LogP) is 4.92. The van der Waals surface area contributed by atoms with Gasteiger partial charge in [0.2, 0.25) is 10.0 Å². The van der Waals surface area contributed by atoms with E-state index in [1.807, 2.05) is 67.1 Å². The molecule has 0 bridgehead atoms. The van der Waals surface area contributed by atoms with Crippen LogP contribution in [-0.2, 0) is 23.1 Å². The second-order valence-corrected chi connectivity index (χ2v) is 10.5. The highest BCUT2D eigenvalue weighted by Gasteiger charge is 2.21. The van der Waals surface area contributed by atoms with Crippen molar-refractivity contribution in [3.8, 4) is 16.3 Å². The molecule has 2 heterocycles. The summed E-state index contributed by atoms with van der Waals surface area (Å²) in [6, 6.07) is 21.3. The smallest absolute Gasteiger partial charge is 0.243 e. The van der Waals surface area contributed by atoms with Crippen molar-refractivity contribution in [3.63, 3.8) is 0 Å². The monoisotopic (exact) mass is 480 g/mol. The number of rotatable bonds is 10. The standard InChI is InChI=1S/C25H28N4O2S2/c1-3-28(4-2)33(30,31)23-14-12-20(13-15-23)17-26-18-21-19-29(22-9-6-5-7-10-22)27-25(21)24-11-8-16-32-24/h5-16,19,26H,3-4,17-18H2,1-2H3. The summed E-state index contributed by atoms with van der Waals surface area (Å²) in [4.78, 5) is 1.46. The lowest BCUT2D eigenvalue weighted by Crippen LogP contribution is -2.30. The van der Waals surface area contributed by atoms with E-state index < -0.39 is 10.0 Å². The van der Waals surface area contributed by atoms with E-state index in [2.05, 4.69) is 23.0 Å². The van der Waals surface area contributed by atoms with Gasteiger partial charge in [-0.1, -0.05) is 50.2 Å². The van der Waals surface area contributed by atoms with E-state index in [4.69, 9.17) is 5.10 Å². The first-order chi connectivity index (χ1) is 16.0. The van der Waals surface area contributed by atoms with E-state index in [0.29, 0.717) is 31.1 Å². The molecular weight excluding hydrogens is 452 g/mol. The van der Waals surface area contributed by atoms with Crippen molar-refractivity contribution in [2.45, 2.75) is 31.8 Å². The third-order valence-corrected chi connectivity index (χ3v) is 8.42. The van der Waals surface area contributed by atoms with Crippen molar-refractivity contribution in [3.05, 3.63) is 89.4 Å². The zero-order valence-electron chi connectivity index (χ0n) is 18.8. The van der Waals surface area contributed by atoms with Crippen LogP contribution in [0, 0.1) is 0 Å². The van der Waals surface area contributed by atoms with Gasteiger partial charge in [-0.3, -0.25) is 0 Å². The molecule has 8 heteroatoms. The average Bonchev–Trinajstić information content (AvgIpc) is 3.51. The van der Waals surface area contributed by atoms with Crippen molar-refractivity contribution < 1.29 is 8.42 Å². The van der Waals surface area contributed by atoms with Crippen LogP contribution in [0.1, 0.15) is 25.0 Å². The largest absolute Gasteiger partial charge is 0.308 e. The number of sulfonamides is 1. The second-order valence-electron chi connectivity index (χ2n) is 7.60. The lowest BCUT2D eigenvalue weighted by Gasteiger charge is -2.18. The molecule has 0 aliphatic rings. The van der Waals surface area contributed by atoms with Crippen molar-refractivity contribution in [2.75, 3.05) is 13.1 Å². The fourth-order valence-electron chi connectivity index (χ4n) is 3.71. The highest BCUT2D eigenvalue weighted by molar-refractivity contribution is 7.89. The Morgan fingerprint density at radius 3 is 2.30 bits per heavy atom. The minimum Gasteiger partial charge on any atom is -0.308 e. The first-order valence-electron chi connectivity index (χ1n) is 11.0. The third-order valence-electron chi connectivity index (χ3n) is 5.48. The Balaban J connectivity index is 1.47. The molecule has 0 aliphatic heterocycles. The molecule has 1 N–H and O–H groups in total. The Bertz CT molecular complexity index is 1260. The molecule has 33 heavy (non-hydrogen) atoms. The van der Waals surface area contributed by atoms with Gasteiger partial charge in [-0.15, -0.1) is 11.3 Å². The minimum atomic E-state index is -3.43. The molecule has 0 spiro atoms. The minimum absolute atomic E-state index is 0.332. The van der Waals surface area contributed by atoms with Crippen molar-refractivity contribution in [2.24, 2.45) is 0 Å². The molecule has 2 aromatic carbocycles. The van der Waals surface area contributed by atoms with Crippen LogP contribution >= 0.6 is 11.3 Å². The highest BCUT2D eigenvalue weighted by Crippen LogP contribution is 2.28. The molecule has 0 unspecified atom stereocenters. The summed E-state index contributed by atoms with van der Waals surface area (Å²) in [7, 11) is -3.43. The predicted molar refractivity (Wildman–Crippen MR) is 134 cm³/mol. The Morgan fingerprint density at radius 2 is 1.67 bits per heavy atom. The van der Waals surface area contributed by atoms with Crippen molar-refractivity contribution >= 4 is 21.4 Å². The van der Waals surface area contributed by atoms with Gasteiger partial charge < -0.3 is 5.32 Å². The Morgan fingerprint density at radius 1 is 0.939 bits per heavy atom. The maximum atomic E-state index is 12.7. The number of hydrogen-bond acceptors (Lipinski definition) is 5. The molecule has 6 nitrogen and oxygen atoms in total. The van der Waals surface area contributed by atoms with Crippen LogP contribution < -0.4 is 5.32 Å². The summed E-state index contributed by atoms with van der Waals surface area (Å²) in [5, 5.41) is 10.4. The van der Waals surface area contributed by atoms with Gasteiger partial charge in [0, 0.05) is 37.9 Å². The fourth-order valence-corrected chi connectivity index (χ4v) is 5.91. The van der Waals surface area contributed by atoms with Crippen molar-refractivity contribution in [1.82, 2.24) is 19.4 Å². The summed E-state index contributed by atoms with van der Waals surface area (Å²) < 4.78 is 28.7. The molecule has 0 amide bonds. The van der Waals surface area contributed by atoms with Crippen LogP contribution in [0.3, 0.4) is 0 Å². The summed E-state index contributed by atoms with van der Waals surface area (Å²) in [5.74, 6) is 0. The summed E-state index contributed by atoms with van der Waals surface area (Å²) in [6.45, 7) is 5.91. The van der Waals surface area contributed by atoms with Gasteiger partial charge in [-0.05, 0) is 41.3 Å². The number of thiophene rings is 1. The number of nitrogens with zero attached hydrogens (tertiary/aromatic N) is 3. The van der Waals surface area contributed by atoms with E-state index >= 15 is 0 Å². The zero-order valence-corrected chi connectivity index (χ0v) is 20.4. The molecule has 0 fully saturated rings. The van der Waals surface area contributed by atoms with E-state index in [1.165, 1.54) is 4.31 Å². The topological polar surface area (TPSA) is 67.2 Å². The van der Waals surface area contributed by atoms with Crippen molar-refractivity contribution in [1.29, 1.82) is 0 Å². The van der Waals surface area contributed by atoms with Gasteiger partial charge in [-0.25, -0.2) is 13.1 Å². The quantitative estimate of drug-likeness (QED) is 0.350. The van der Waals surface area contributed by atoms with Crippen LogP contribution in [0.4, 0.5) is 0 Å². The SMILES string of the molecule is CCN(CC)S(=O)(=O)c1ccc(CNCc2cn(-c3ccccc3)nc2-c2cccs2)cc1. The van der Waals surface area contributed by atoms with Crippen LogP contribution in [-0.4, -0.2) is 35.6 Å². The van der Waals surface area contributed by atoms with Crippen LogP contribution in [0.25, 0.3) is 16.3 Å². The maximum Gasteiger partial charge on any atom is 0.243 e. The number of para-hydroxylation sites is 1. The molecule has 0 saturated carbocycles. The van der Waals surface area contributed by atoms with Gasteiger partial charge >= 0.3 is 0 Å². The van der Waals surface area contributed by atoms with Gasteiger partial charge in [0.1, 0.15) is 5.69 Å². The van der Waals surface area contributed by atoms with Gasteiger partial charge in [-0.2, -0.15) is 9.40 Å². The Labute approximate surface area is 199 Å². The molecule has 0 saturated heterocycles. The maximum absolute atomic E-state index is 12.7. The summed E-state index contributed by atoms with van der Waals surface area (Å²) in [6.07, 6.45) is 2.07. The molecule has 4 rings (SSSR count). The number of aromatic nitrogens is 2. The molecule has 0 aliphatic carbocycles. The third kappa shape index (κ3) is 5.25. The molecular formula is C25H28N4O2S2. The molecule has 0 radical (unpaired) electrons. The zero-order chi connectivity index (χ0) is 23.3. The first kappa shape index (κ1) is 23.4.